The molecule has 1 atom stereocenters. The van der Waals surface area contributed by atoms with Crippen LogP contribution in [0.3, 0.4) is 0 Å². The number of carbonyl (C=O) groups is 1. The highest BCUT2D eigenvalue weighted by Gasteiger charge is 2.31. The Bertz CT molecular complexity index is 1190. The predicted molar refractivity (Wildman–Crippen MR) is 139 cm³/mol. The first kappa shape index (κ1) is 25.3. The van der Waals surface area contributed by atoms with Crippen molar-refractivity contribution in [3.63, 3.8) is 0 Å². The van der Waals surface area contributed by atoms with Gasteiger partial charge in [0.05, 0.1) is 25.0 Å². The number of halogens is 1. The zero-order chi connectivity index (χ0) is 25.5. The third-order valence-corrected chi connectivity index (χ3v) is 5.64. The average Bonchev–Trinajstić information content (AvgIpc) is 3.33. The van der Waals surface area contributed by atoms with E-state index in [2.05, 4.69) is 36.0 Å². The summed E-state index contributed by atoms with van der Waals surface area (Å²) in [6, 6.07) is 14.8. The van der Waals surface area contributed by atoms with Crippen LogP contribution >= 0.6 is 11.6 Å². The lowest BCUT2D eigenvalue weighted by molar-refractivity contribution is -0.130. The first-order valence-corrected chi connectivity index (χ1v) is 11.8. The molecule has 5 N–H and O–H groups in total. The highest BCUT2D eigenvalue weighted by molar-refractivity contribution is 6.30. The number of carbonyl (C=O) groups excluding carboxylic acids is 1. The molecule has 0 radical (unpaired) electrons. The van der Waals surface area contributed by atoms with Crippen molar-refractivity contribution in [2.24, 2.45) is 5.10 Å². The van der Waals surface area contributed by atoms with Gasteiger partial charge in [0.1, 0.15) is 0 Å². The van der Waals surface area contributed by atoms with E-state index in [4.69, 9.17) is 21.8 Å². The molecule has 12 heteroatoms. The lowest BCUT2D eigenvalue weighted by Gasteiger charge is -2.20. The standard InChI is InChI=1S/C24H27ClN8O3/c1-15(36)33-21(17-2-6-18(25)7-3-17)14-20(32-33)16-4-8-19(9-5-16)28-24-30-22(26-10-12-34)29-23(31-24)27-11-13-35/h2-9,21,34-35H,10-14H2,1H3,(H3,26,27,28,29,30,31). The monoisotopic (exact) mass is 510 g/mol. The summed E-state index contributed by atoms with van der Waals surface area (Å²) in [6.45, 7) is 1.94. The molecule has 0 aliphatic carbocycles. The first-order chi connectivity index (χ1) is 17.5. The van der Waals surface area contributed by atoms with E-state index in [9.17, 15) is 4.79 Å². The number of aromatic nitrogens is 3. The minimum atomic E-state index is -0.188. The number of anilines is 4. The predicted octanol–water partition coefficient (Wildman–Crippen LogP) is 2.77. The van der Waals surface area contributed by atoms with Crippen molar-refractivity contribution in [3.05, 3.63) is 64.7 Å². The van der Waals surface area contributed by atoms with Crippen molar-refractivity contribution in [2.45, 2.75) is 19.4 Å². The zero-order valence-electron chi connectivity index (χ0n) is 19.6. The van der Waals surface area contributed by atoms with E-state index in [0.717, 1.165) is 22.5 Å². The summed E-state index contributed by atoms with van der Waals surface area (Å²) in [5, 5.41) is 33.8. The number of hydrogen-bond acceptors (Lipinski definition) is 10. The number of aliphatic hydroxyl groups is 2. The summed E-state index contributed by atoms with van der Waals surface area (Å²) in [4.78, 5) is 25.1. The molecule has 2 heterocycles. The lowest BCUT2D eigenvalue weighted by Crippen LogP contribution is -2.24. The number of hydrogen-bond donors (Lipinski definition) is 5. The van der Waals surface area contributed by atoms with Gasteiger partial charge in [-0.15, -0.1) is 0 Å². The second kappa shape index (κ2) is 11.8. The lowest BCUT2D eigenvalue weighted by atomic mass is 9.98. The summed E-state index contributed by atoms with van der Waals surface area (Å²) in [6.07, 6.45) is 0.585. The third kappa shape index (κ3) is 6.25. The Morgan fingerprint density at radius 1 is 0.944 bits per heavy atom. The van der Waals surface area contributed by atoms with Crippen molar-refractivity contribution in [1.82, 2.24) is 20.0 Å². The SMILES string of the molecule is CC(=O)N1N=C(c2ccc(Nc3nc(NCCO)nc(NCCO)n3)cc2)CC1c1ccc(Cl)cc1. The fourth-order valence-corrected chi connectivity index (χ4v) is 3.85. The van der Waals surface area contributed by atoms with Gasteiger partial charge in [-0.05, 0) is 35.4 Å². The molecule has 4 rings (SSSR count). The molecule has 3 aromatic rings. The Morgan fingerprint density at radius 3 is 2.08 bits per heavy atom. The van der Waals surface area contributed by atoms with Crippen LogP contribution in [0.5, 0.6) is 0 Å². The Labute approximate surface area is 213 Å². The van der Waals surface area contributed by atoms with Crippen LogP contribution in [-0.4, -0.2) is 68.1 Å². The van der Waals surface area contributed by atoms with Crippen molar-refractivity contribution in [1.29, 1.82) is 0 Å². The topological polar surface area (TPSA) is 148 Å². The maximum atomic E-state index is 12.2. The highest BCUT2D eigenvalue weighted by Crippen LogP contribution is 2.33. The molecule has 1 amide bonds. The Balaban J connectivity index is 1.50. The summed E-state index contributed by atoms with van der Waals surface area (Å²) >= 11 is 6.02. The summed E-state index contributed by atoms with van der Waals surface area (Å²) in [5.41, 5.74) is 3.41. The molecule has 1 aliphatic heterocycles. The van der Waals surface area contributed by atoms with Gasteiger partial charge in [-0.2, -0.15) is 20.1 Å². The van der Waals surface area contributed by atoms with Crippen LogP contribution in [0.25, 0.3) is 0 Å². The molecule has 1 aromatic heterocycles. The average molecular weight is 511 g/mol. The fraction of sp³-hybridized carbons (Fsp3) is 0.292. The van der Waals surface area contributed by atoms with E-state index in [1.165, 1.54) is 11.9 Å². The second-order valence-corrected chi connectivity index (χ2v) is 8.43. The Morgan fingerprint density at radius 2 is 1.53 bits per heavy atom. The van der Waals surface area contributed by atoms with Crippen LogP contribution < -0.4 is 16.0 Å². The van der Waals surface area contributed by atoms with Gasteiger partial charge in [-0.1, -0.05) is 35.9 Å². The number of benzene rings is 2. The normalized spacial score (nSPS) is 14.9. The molecular weight excluding hydrogens is 484 g/mol. The molecule has 36 heavy (non-hydrogen) atoms. The van der Waals surface area contributed by atoms with Crippen LogP contribution in [0.1, 0.15) is 30.5 Å². The van der Waals surface area contributed by atoms with Crippen LogP contribution in [0.15, 0.2) is 53.6 Å². The molecule has 0 spiro atoms. The van der Waals surface area contributed by atoms with E-state index in [1.807, 2.05) is 48.5 Å². The van der Waals surface area contributed by atoms with Gasteiger partial charge in [0.2, 0.25) is 23.8 Å². The van der Waals surface area contributed by atoms with Gasteiger partial charge in [0.25, 0.3) is 0 Å². The van der Waals surface area contributed by atoms with E-state index >= 15 is 0 Å². The van der Waals surface area contributed by atoms with Crippen LogP contribution in [0, 0.1) is 0 Å². The van der Waals surface area contributed by atoms with Gasteiger partial charge in [0.15, 0.2) is 0 Å². The fourth-order valence-electron chi connectivity index (χ4n) is 3.72. The van der Waals surface area contributed by atoms with Crippen LogP contribution in [-0.2, 0) is 4.79 Å². The Hall–Kier alpha value is -3.80. The van der Waals surface area contributed by atoms with E-state index in [1.54, 1.807) is 0 Å². The third-order valence-electron chi connectivity index (χ3n) is 5.39. The second-order valence-electron chi connectivity index (χ2n) is 7.99. The molecule has 0 saturated heterocycles. The number of rotatable bonds is 10. The number of nitrogens with zero attached hydrogens (tertiary/aromatic N) is 5. The van der Waals surface area contributed by atoms with Gasteiger partial charge < -0.3 is 26.2 Å². The number of hydrazone groups is 1. The number of nitrogens with one attached hydrogen (secondary N) is 3. The minimum absolute atomic E-state index is 0.0703. The van der Waals surface area contributed by atoms with Gasteiger partial charge >= 0.3 is 0 Å². The molecule has 0 saturated carbocycles. The molecule has 0 bridgehead atoms. The van der Waals surface area contributed by atoms with Crippen molar-refractivity contribution >= 4 is 46.8 Å². The van der Waals surface area contributed by atoms with E-state index in [0.29, 0.717) is 17.4 Å². The maximum absolute atomic E-state index is 12.2. The summed E-state index contributed by atoms with van der Waals surface area (Å²) in [5.74, 6) is 0.740. The number of aliphatic hydroxyl groups excluding tert-OH is 2. The van der Waals surface area contributed by atoms with Crippen molar-refractivity contribution in [2.75, 3.05) is 42.3 Å². The zero-order valence-corrected chi connectivity index (χ0v) is 20.4. The largest absolute Gasteiger partial charge is 0.395 e. The van der Waals surface area contributed by atoms with Gasteiger partial charge in [-0.3, -0.25) is 4.79 Å². The van der Waals surface area contributed by atoms with Crippen LogP contribution in [0.2, 0.25) is 5.02 Å². The van der Waals surface area contributed by atoms with Gasteiger partial charge in [0, 0.05) is 37.1 Å². The molecule has 2 aromatic carbocycles. The van der Waals surface area contributed by atoms with E-state index in [-0.39, 0.29) is 50.1 Å². The summed E-state index contributed by atoms with van der Waals surface area (Å²) in [7, 11) is 0. The number of amides is 1. The quantitative estimate of drug-likeness (QED) is 0.277. The molecular formula is C24H27ClN8O3. The first-order valence-electron chi connectivity index (χ1n) is 11.4. The molecule has 188 valence electrons. The molecule has 11 nitrogen and oxygen atoms in total. The summed E-state index contributed by atoms with van der Waals surface area (Å²) < 4.78 is 0. The minimum Gasteiger partial charge on any atom is -0.395 e. The van der Waals surface area contributed by atoms with Crippen molar-refractivity contribution < 1.29 is 15.0 Å². The Kier molecular flexibility index (Phi) is 8.26. The smallest absolute Gasteiger partial charge is 0.240 e. The molecule has 1 unspecified atom stereocenters. The highest BCUT2D eigenvalue weighted by atomic mass is 35.5. The van der Waals surface area contributed by atoms with E-state index < -0.39 is 0 Å². The van der Waals surface area contributed by atoms with Crippen molar-refractivity contribution in [3.8, 4) is 0 Å². The van der Waals surface area contributed by atoms with Gasteiger partial charge in [-0.25, -0.2) is 5.01 Å². The molecule has 0 fully saturated rings. The van der Waals surface area contributed by atoms with Crippen LogP contribution in [0.4, 0.5) is 23.5 Å². The molecule has 1 aliphatic rings. The maximum Gasteiger partial charge on any atom is 0.240 e.